The first-order valence-electron chi connectivity index (χ1n) is 8.78. The van der Waals surface area contributed by atoms with Gasteiger partial charge in [-0.3, -0.25) is 9.69 Å². The van der Waals surface area contributed by atoms with Gasteiger partial charge in [0.1, 0.15) is 23.4 Å². The molecule has 0 spiro atoms. The van der Waals surface area contributed by atoms with Gasteiger partial charge in [-0.25, -0.2) is 9.37 Å². The third kappa shape index (κ3) is 5.00. The molecule has 1 aliphatic rings. The van der Waals surface area contributed by atoms with Gasteiger partial charge in [-0.1, -0.05) is 12.1 Å². The molecule has 2 heterocycles. The predicted octanol–water partition coefficient (Wildman–Crippen LogP) is 2.87. The van der Waals surface area contributed by atoms with Crippen molar-refractivity contribution in [1.29, 1.82) is 5.26 Å². The summed E-state index contributed by atoms with van der Waals surface area (Å²) in [4.78, 5) is 19.1. The summed E-state index contributed by atoms with van der Waals surface area (Å²) in [6.07, 6.45) is -4.60. The highest BCUT2D eigenvalue weighted by atomic mass is 19.4. The van der Waals surface area contributed by atoms with Crippen molar-refractivity contribution in [3.63, 3.8) is 0 Å². The topological polar surface area (TPSA) is 72.3 Å². The Balaban J connectivity index is 1.61. The van der Waals surface area contributed by atoms with E-state index >= 15 is 0 Å². The Kier molecular flexibility index (Phi) is 5.98. The Morgan fingerprint density at radius 3 is 2.45 bits per heavy atom. The first-order valence-corrected chi connectivity index (χ1v) is 8.78. The van der Waals surface area contributed by atoms with E-state index in [1.165, 1.54) is 18.2 Å². The predicted molar refractivity (Wildman–Crippen MR) is 97.6 cm³/mol. The number of hydrogen-bond donors (Lipinski definition) is 1. The minimum atomic E-state index is -4.60. The monoisotopic (exact) mass is 407 g/mol. The highest BCUT2D eigenvalue weighted by Gasteiger charge is 2.34. The van der Waals surface area contributed by atoms with Gasteiger partial charge in [0.15, 0.2) is 0 Å². The molecule has 0 unspecified atom stereocenters. The van der Waals surface area contributed by atoms with E-state index in [2.05, 4.69) is 10.3 Å². The summed E-state index contributed by atoms with van der Waals surface area (Å²) < 4.78 is 52.4. The summed E-state index contributed by atoms with van der Waals surface area (Å²) >= 11 is 0. The number of carbonyl (C=O) groups is 1. The maximum absolute atomic E-state index is 13.6. The molecule has 1 aromatic heterocycles. The molecule has 10 heteroatoms. The molecule has 6 nitrogen and oxygen atoms in total. The van der Waals surface area contributed by atoms with Crippen LogP contribution < -0.4 is 10.2 Å². The number of nitriles is 1. The van der Waals surface area contributed by atoms with Crippen LogP contribution in [0.25, 0.3) is 0 Å². The van der Waals surface area contributed by atoms with Crippen molar-refractivity contribution in [2.45, 2.75) is 6.18 Å². The number of alkyl halides is 3. The molecule has 152 valence electrons. The van der Waals surface area contributed by atoms with Gasteiger partial charge < -0.3 is 10.2 Å². The summed E-state index contributed by atoms with van der Waals surface area (Å²) in [7, 11) is 0. The zero-order valence-electron chi connectivity index (χ0n) is 15.2. The number of benzene rings is 1. The first-order chi connectivity index (χ1) is 13.8. The summed E-state index contributed by atoms with van der Waals surface area (Å²) in [5.74, 6) is -0.943. The summed E-state index contributed by atoms with van der Waals surface area (Å²) in [5, 5.41) is 11.7. The average molecular weight is 407 g/mol. The second-order valence-electron chi connectivity index (χ2n) is 6.47. The molecule has 1 aliphatic heterocycles. The SMILES string of the molecule is N#Cc1ccc(C(F)(F)F)nc1N1CCN(CC(=O)Nc2ccccc2F)CC1. The molecular weight excluding hydrogens is 390 g/mol. The number of carbonyl (C=O) groups excluding carboxylic acids is 1. The van der Waals surface area contributed by atoms with Crippen molar-refractivity contribution in [2.75, 3.05) is 42.9 Å². The Morgan fingerprint density at radius 1 is 1.14 bits per heavy atom. The molecule has 0 bridgehead atoms. The third-order valence-corrected chi connectivity index (χ3v) is 4.47. The number of piperazine rings is 1. The fourth-order valence-electron chi connectivity index (χ4n) is 3.01. The highest BCUT2D eigenvalue weighted by Crippen LogP contribution is 2.30. The molecule has 29 heavy (non-hydrogen) atoms. The highest BCUT2D eigenvalue weighted by molar-refractivity contribution is 5.92. The maximum atomic E-state index is 13.6. The number of halogens is 4. The van der Waals surface area contributed by atoms with Crippen molar-refractivity contribution in [3.05, 3.63) is 53.5 Å². The molecule has 1 N–H and O–H groups in total. The molecular formula is C19H17F4N5O. The number of hydrogen-bond acceptors (Lipinski definition) is 5. The van der Waals surface area contributed by atoms with Gasteiger partial charge in [0.25, 0.3) is 0 Å². The molecule has 1 saturated heterocycles. The molecule has 0 radical (unpaired) electrons. The molecule has 3 rings (SSSR count). The average Bonchev–Trinajstić information content (AvgIpc) is 2.69. The number of aromatic nitrogens is 1. The largest absolute Gasteiger partial charge is 0.433 e. The van der Waals surface area contributed by atoms with E-state index in [1.54, 1.807) is 15.9 Å². The van der Waals surface area contributed by atoms with E-state index in [-0.39, 0.29) is 23.6 Å². The van der Waals surface area contributed by atoms with Gasteiger partial charge in [0.2, 0.25) is 5.91 Å². The summed E-state index contributed by atoms with van der Waals surface area (Å²) in [6.45, 7) is 1.39. The van der Waals surface area contributed by atoms with Crippen LogP contribution in [0.1, 0.15) is 11.3 Å². The van der Waals surface area contributed by atoms with E-state index in [4.69, 9.17) is 0 Å². The van der Waals surface area contributed by atoms with Crippen LogP contribution in [0.15, 0.2) is 36.4 Å². The Morgan fingerprint density at radius 2 is 1.83 bits per heavy atom. The van der Waals surface area contributed by atoms with Crippen molar-refractivity contribution < 1.29 is 22.4 Å². The van der Waals surface area contributed by atoms with E-state index in [9.17, 15) is 27.6 Å². The van der Waals surface area contributed by atoms with Crippen LogP contribution in [-0.4, -0.2) is 48.5 Å². The van der Waals surface area contributed by atoms with Crippen LogP contribution in [0.2, 0.25) is 0 Å². The maximum Gasteiger partial charge on any atom is 0.433 e. The van der Waals surface area contributed by atoms with Crippen LogP contribution in [0.5, 0.6) is 0 Å². The van der Waals surface area contributed by atoms with Gasteiger partial charge in [0, 0.05) is 26.2 Å². The van der Waals surface area contributed by atoms with E-state index in [1.807, 2.05) is 6.07 Å². The quantitative estimate of drug-likeness (QED) is 0.790. The minimum absolute atomic E-state index is 0.0159. The lowest BCUT2D eigenvalue weighted by molar-refractivity contribution is -0.141. The van der Waals surface area contributed by atoms with E-state index in [0.717, 1.165) is 12.1 Å². The zero-order valence-corrected chi connectivity index (χ0v) is 15.2. The second kappa shape index (κ2) is 8.45. The van der Waals surface area contributed by atoms with Crippen LogP contribution >= 0.6 is 0 Å². The van der Waals surface area contributed by atoms with Gasteiger partial charge in [-0.05, 0) is 24.3 Å². The van der Waals surface area contributed by atoms with Crippen LogP contribution in [0.4, 0.5) is 29.1 Å². The number of anilines is 2. The van der Waals surface area contributed by atoms with Crippen molar-refractivity contribution in [3.8, 4) is 6.07 Å². The minimum Gasteiger partial charge on any atom is -0.353 e. The number of rotatable bonds is 4. The van der Waals surface area contributed by atoms with Crippen LogP contribution in [0.3, 0.4) is 0 Å². The lowest BCUT2D eigenvalue weighted by Crippen LogP contribution is -2.49. The molecule has 1 amide bonds. The fraction of sp³-hybridized carbons (Fsp3) is 0.316. The number of para-hydroxylation sites is 1. The van der Waals surface area contributed by atoms with E-state index in [0.29, 0.717) is 26.2 Å². The molecule has 0 atom stereocenters. The molecule has 1 fully saturated rings. The third-order valence-electron chi connectivity index (χ3n) is 4.47. The Bertz CT molecular complexity index is 933. The van der Waals surface area contributed by atoms with Crippen molar-refractivity contribution in [1.82, 2.24) is 9.88 Å². The number of nitrogens with one attached hydrogen (secondary N) is 1. The van der Waals surface area contributed by atoms with Crippen LogP contribution in [-0.2, 0) is 11.0 Å². The van der Waals surface area contributed by atoms with Gasteiger partial charge in [-0.2, -0.15) is 18.4 Å². The lowest BCUT2D eigenvalue weighted by atomic mass is 10.2. The Hall–Kier alpha value is -3.19. The lowest BCUT2D eigenvalue weighted by Gasteiger charge is -2.35. The Labute approximate surface area is 164 Å². The van der Waals surface area contributed by atoms with Gasteiger partial charge >= 0.3 is 6.18 Å². The first kappa shape index (κ1) is 20.5. The van der Waals surface area contributed by atoms with Gasteiger partial charge in [-0.15, -0.1) is 0 Å². The molecule has 2 aromatic rings. The smallest absolute Gasteiger partial charge is 0.353 e. The fourth-order valence-corrected chi connectivity index (χ4v) is 3.01. The second-order valence-corrected chi connectivity index (χ2v) is 6.47. The molecule has 0 saturated carbocycles. The zero-order chi connectivity index (χ0) is 21.0. The standard InChI is InChI=1S/C19H17F4N5O/c20-14-3-1-2-4-15(14)25-17(29)12-27-7-9-28(10-8-27)18-13(11-24)5-6-16(26-18)19(21,22)23/h1-6H,7-10,12H2,(H,25,29). The number of amides is 1. The van der Waals surface area contributed by atoms with E-state index < -0.39 is 23.6 Å². The van der Waals surface area contributed by atoms with Crippen molar-refractivity contribution >= 4 is 17.4 Å². The summed E-state index contributed by atoms with van der Waals surface area (Å²) in [5.41, 5.74) is -0.912. The summed E-state index contributed by atoms with van der Waals surface area (Å²) in [6, 6.07) is 9.57. The number of nitrogens with zero attached hydrogens (tertiary/aromatic N) is 4. The van der Waals surface area contributed by atoms with Crippen molar-refractivity contribution in [2.24, 2.45) is 0 Å². The molecule has 1 aromatic carbocycles. The van der Waals surface area contributed by atoms with Crippen LogP contribution in [0, 0.1) is 17.1 Å². The number of pyridine rings is 1. The molecule has 0 aliphatic carbocycles. The normalized spacial score (nSPS) is 15.1. The van der Waals surface area contributed by atoms with Gasteiger partial charge in [0.05, 0.1) is 17.8 Å².